The SMILES string of the molecule is Cc1nc(C(F)(F)F)ccc1NC(=S)NCC(C)C. The molecular formula is C12H16F3N3S. The molecule has 7 heteroatoms. The van der Waals surface area contributed by atoms with Gasteiger partial charge in [0.1, 0.15) is 5.69 Å². The molecular weight excluding hydrogens is 275 g/mol. The van der Waals surface area contributed by atoms with Crippen molar-refractivity contribution in [2.75, 3.05) is 11.9 Å². The van der Waals surface area contributed by atoms with Crippen LogP contribution in [0.1, 0.15) is 25.2 Å². The monoisotopic (exact) mass is 291 g/mol. The second kappa shape index (κ2) is 6.18. The van der Waals surface area contributed by atoms with Gasteiger partial charge in [-0.1, -0.05) is 13.8 Å². The third-order valence-electron chi connectivity index (χ3n) is 2.30. The molecule has 0 saturated heterocycles. The molecule has 1 aromatic rings. The van der Waals surface area contributed by atoms with Crippen molar-refractivity contribution in [3.63, 3.8) is 0 Å². The van der Waals surface area contributed by atoms with Gasteiger partial charge in [-0.2, -0.15) is 13.2 Å². The second-order valence-corrected chi connectivity index (χ2v) is 4.96. The number of halogens is 3. The van der Waals surface area contributed by atoms with Crippen LogP contribution in [0.3, 0.4) is 0 Å². The fourth-order valence-corrected chi connectivity index (χ4v) is 1.51. The summed E-state index contributed by atoms with van der Waals surface area (Å²) < 4.78 is 37.4. The molecule has 0 aliphatic heterocycles. The van der Waals surface area contributed by atoms with Crippen molar-refractivity contribution >= 4 is 23.0 Å². The number of aryl methyl sites for hydroxylation is 1. The lowest BCUT2D eigenvalue weighted by atomic mass is 10.2. The van der Waals surface area contributed by atoms with E-state index in [1.54, 1.807) is 0 Å². The second-order valence-electron chi connectivity index (χ2n) is 4.56. The van der Waals surface area contributed by atoms with Crippen LogP contribution in [-0.2, 0) is 6.18 Å². The van der Waals surface area contributed by atoms with E-state index in [9.17, 15) is 13.2 Å². The van der Waals surface area contributed by atoms with Gasteiger partial charge in [0.15, 0.2) is 5.11 Å². The number of alkyl halides is 3. The van der Waals surface area contributed by atoms with E-state index in [0.717, 1.165) is 6.07 Å². The van der Waals surface area contributed by atoms with Crippen molar-refractivity contribution in [3.8, 4) is 0 Å². The van der Waals surface area contributed by atoms with Crippen molar-refractivity contribution in [2.24, 2.45) is 5.92 Å². The summed E-state index contributed by atoms with van der Waals surface area (Å²) in [6.45, 7) is 6.25. The van der Waals surface area contributed by atoms with E-state index in [1.165, 1.54) is 13.0 Å². The fourth-order valence-electron chi connectivity index (χ4n) is 1.31. The molecule has 0 aromatic carbocycles. The summed E-state index contributed by atoms with van der Waals surface area (Å²) in [7, 11) is 0. The van der Waals surface area contributed by atoms with Crippen molar-refractivity contribution in [1.82, 2.24) is 10.3 Å². The van der Waals surface area contributed by atoms with E-state index in [4.69, 9.17) is 12.2 Å². The van der Waals surface area contributed by atoms with E-state index in [2.05, 4.69) is 15.6 Å². The highest BCUT2D eigenvalue weighted by Gasteiger charge is 2.32. The highest BCUT2D eigenvalue weighted by molar-refractivity contribution is 7.80. The van der Waals surface area contributed by atoms with Crippen LogP contribution in [0.15, 0.2) is 12.1 Å². The molecule has 19 heavy (non-hydrogen) atoms. The molecule has 3 nitrogen and oxygen atoms in total. The minimum absolute atomic E-state index is 0.253. The Hall–Kier alpha value is -1.37. The van der Waals surface area contributed by atoms with E-state index >= 15 is 0 Å². The van der Waals surface area contributed by atoms with Gasteiger partial charge in [0, 0.05) is 6.54 Å². The number of hydrogen-bond donors (Lipinski definition) is 2. The van der Waals surface area contributed by atoms with Crippen LogP contribution < -0.4 is 10.6 Å². The van der Waals surface area contributed by atoms with Crippen molar-refractivity contribution < 1.29 is 13.2 Å². The first-order valence-electron chi connectivity index (χ1n) is 5.80. The molecule has 106 valence electrons. The Kier molecular flexibility index (Phi) is 5.11. The van der Waals surface area contributed by atoms with Gasteiger partial charge >= 0.3 is 6.18 Å². The number of hydrogen-bond acceptors (Lipinski definition) is 2. The first-order valence-corrected chi connectivity index (χ1v) is 6.20. The topological polar surface area (TPSA) is 37.0 Å². The number of anilines is 1. The highest BCUT2D eigenvalue weighted by Crippen LogP contribution is 2.29. The Labute approximate surface area is 115 Å². The minimum atomic E-state index is -4.43. The molecule has 0 saturated carbocycles. The Morgan fingerprint density at radius 1 is 1.37 bits per heavy atom. The number of nitrogens with zero attached hydrogens (tertiary/aromatic N) is 1. The molecule has 1 aromatic heterocycles. The Morgan fingerprint density at radius 3 is 2.47 bits per heavy atom. The predicted molar refractivity (Wildman–Crippen MR) is 73.0 cm³/mol. The highest BCUT2D eigenvalue weighted by atomic mass is 32.1. The van der Waals surface area contributed by atoms with Crippen LogP contribution in [0.2, 0.25) is 0 Å². The largest absolute Gasteiger partial charge is 0.433 e. The van der Waals surface area contributed by atoms with Gasteiger partial charge in [-0.05, 0) is 37.2 Å². The molecule has 1 heterocycles. The van der Waals surface area contributed by atoms with Crippen LogP contribution in [0.4, 0.5) is 18.9 Å². The first kappa shape index (κ1) is 15.7. The Bertz CT molecular complexity index is 458. The maximum absolute atomic E-state index is 12.5. The van der Waals surface area contributed by atoms with Gasteiger partial charge in [-0.25, -0.2) is 4.98 Å². The number of nitrogens with one attached hydrogen (secondary N) is 2. The third kappa shape index (κ3) is 5.02. The minimum Gasteiger partial charge on any atom is -0.362 e. The molecule has 0 unspecified atom stereocenters. The fraction of sp³-hybridized carbons (Fsp3) is 0.500. The zero-order valence-corrected chi connectivity index (χ0v) is 11.7. The summed E-state index contributed by atoms with van der Waals surface area (Å²) in [5.74, 6) is 0.423. The van der Waals surface area contributed by atoms with Crippen molar-refractivity contribution in [3.05, 3.63) is 23.5 Å². The number of aromatic nitrogens is 1. The molecule has 0 bridgehead atoms. The lowest BCUT2D eigenvalue weighted by Gasteiger charge is -2.14. The maximum Gasteiger partial charge on any atom is 0.433 e. The number of rotatable bonds is 3. The zero-order valence-electron chi connectivity index (χ0n) is 10.9. The van der Waals surface area contributed by atoms with Gasteiger partial charge in [0.05, 0.1) is 11.4 Å². The quantitative estimate of drug-likeness (QED) is 0.837. The van der Waals surface area contributed by atoms with Crippen molar-refractivity contribution in [2.45, 2.75) is 26.9 Å². The van der Waals surface area contributed by atoms with E-state index < -0.39 is 11.9 Å². The average molecular weight is 291 g/mol. The first-order chi connectivity index (χ1) is 8.70. The van der Waals surface area contributed by atoms with Crippen LogP contribution in [0.25, 0.3) is 0 Å². The summed E-state index contributed by atoms with van der Waals surface area (Å²) in [6.07, 6.45) is -4.43. The van der Waals surface area contributed by atoms with E-state index in [-0.39, 0.29) is 5.69 Å². The molecule has 0 aliphatic rings. The molecule has 0 radical (unpaired) electrons. The van der Waals surface area contributed by atoms with Crippen molar-refractivity contribution in [1.29, 1.82) is 0 Å². The van der Waals surface area contributed by atoms with Crippen LogP contribution >= 0.6 is 12.2 Å². The van der Waals surface area contributed by atoms with Gasteiger partial charge in [0.25, 0.3) is 0 Å². The average Bonchev–Trinajstić information content (AvgIpc) is 2.27. The van der Waals surface area contributed by atoms with Gasteiger partial charge < -0.3 is 10.6 Å². The standard InChI is InChI=1S/C12H16F3N3S/c1-7(2)6-16-11(19)18-9-4-5-10(12(13,14)15)17-8(9)3/h4-5,7H,6H2,1-3H3,(H2,16,18,19). The van der Waals surface area contributed by atoms with Crippen LogP contribution in [0.5, 0.6) is 0 Å². The molecule has 2 N–H and O–H groups in total. The van der Waals surface area contributed by atoms with E-state index in [0.29, 0.717) is 23.3 Å². The van der Waals surface area contributed by atoms with E-state index in [1.807, 2.05) is 13.8 Å². The summed E-state index contributed by atoms with van der Waals surface area (Å²) in [5.41, 5.74) is -0.186. The predicted octanol–water partition coefficient (Wildman–Crippen LogP) is 3.35. The summed E-state index contributed by atoms with van der Waals surface area (Å²) >= 11 is 5.05. The molecule has 1 rings (SSSR count). The summed E-state index contributed by atoms with van der Waals surface area (Å²) in [6, 6.07) is 2.26. The smallest absolute Gasteiger partial charge is 0.362 e. The molecule has 0 aliphatic carbocycles. The Balaban J connectivity index is 2.73. The van der Waals surface area contributed by atoms with Gasteiger partial charge in [-0.15, -0.1) is 0 Å². The number of pyridine rings is 1. The molecule has 0 atom stereocenters. The Morgan fingerprint density at radius 2 is 2.00 bits per heavy atom. The molecule has 0 spiro atoms. The summed E-state index contributed by atoms with van der Waals surface area (Å²) in [4.78, 5) is 3.52. The summed E-state index contributed by atoms with van der Waals surface area (Å²) in [5, 5.41) is 6.18. The molecule has 0 fully saturated rings. The normalized spacial score (nSPS) is 11.5. The number of thiocarbonyl (C=S) groups is 1. The van der Waals surface area contributed by atoms with Gasteiger partial charge in [-0.3, -0.25) is 0 Å². The van der Waals surface area contributed by atoms with Gasteiger partial charge in [0.2, 0.25) is 0 Å². The maximum atomic E-state index is 12.5. The lowest BCUT2D eigenvalue weighted by Crippen LogP contribution is -2.31. The van der Waals surface area contributed by atoms with Crippen LogP contribution in [0, 0.1) is 12.8 Å². The third-order valence-corrected chi connectivity index (χ3v) is 2.54. The lowest BCUT2D eigenvalue weighted by molar-refractivity contribution is -0.141. The zero-order chi connectivity index (χ0) is 14.6. The molecule has 0 amide bonds. The van der Waals surface area contributed by atoms with Crippen LogP contribution in [-0.4, -0.2) is 16.6 Å².